The largest absolute Gasteiger partial charge is 0.321 e. The molecule has 3 rings (SSSR count). The molecule has 0 spiro atoms. The van der Waals surface area contributed by atoms with Gasteiger partial charge in [0.25, 0.3) is 5.91 Å². The number of pyridine rings is 1. The van der Waals surface area contributed by atoms with E-state index >= 15 is 0 Å². The maximum absolute atomic E-state index is 12.1. The molecule has 0 saturated carbocycles. The first-order valence-corrected chi connectivity index (χ1v) is 6.54. The molecule has 5 nitrogen and oxygen atoms in total. The molecule has 1 aromatic carbocycles. The number of benzene rings is 1. The third-order valence-electron chi connectivity index (χ3n) is 3.21. The van der Waals surface area contributed by atoms with Crippen molar-refractivity contribution in [2.75, 3.05) is 5.32 Å². The smallest absolute Gasteiger partial charge is 0.273 e. The van der Waals surface area contributed by atoms with Crippen LogP contribution in [0.25, 0.3) is 11.1 Å². The van der Waals surface area contributed by atoms with Gasteiger partial charge in [-0.05, 0) is 41.5 Å². The molecule has 3 aromatic rings. The highest BCUT2D eigenvalue weighted by Crippen LogP contribution is 2.20. The van der Waals surface area contributed by atoms with Crippen molar-refractivity contribution >= 4 is 11.6 Å². The average Bonchev–Trinajstić information content (AvgIpc) is 2.95. The predicted octanol–water partition coefficient (Wildman–Crippen LogP) is 2.73. The Bertz CT molecular complexity index is 747. The van der Waals surface area contributed by atoms with Gasteiger partial charge in [-0.2, -0.15) is 5.10 Å². The number of nitrogens with one attached hydrogen (secondary N) is 1. The van der Waals surface area contributed by atoms with E-state index in [9.17, 15) is 4.79 Å². The van der Waals surface area contributed by atoms with E-state index in [1.54, 1.807) is 36.4 Å². The molecule has 1 amide bonds. The summed E-state index contributed by atoms with van der Waals surface area (Å²) in [6, 6.07) is 13.3. The van der Waals surface area contributed by atoms with Crippen molar-refractivity contribution in [1.29, 1.82) is 0 Å². The Labute approximate surface area is 122 Å². The second kappa shape index (κ2) is 5.58. The van der Waals surface area contributed by atoms with Crippen molar-refractivity contribution in [3.05, 3.63) is 66.7 Å². The highest BCUT2D eigenvalue weighted by molar-refractivity contribution is 6.03. The van der Waals surface area contributed by atoms with Crippen LogP contribution in [0.3, 0.4) is 0 Å². The van der Waals surface area contributed by atoms with Crippen molar-refractivity contribution in [2.24, 2.45) is 7.05 Å². The first-order chi connectivity index (χ1) is 10.2. The molecule has 0 bridgehead atoms. The number of carbonyl (C=O) groups is 1. The summed E-state index contributed by atoms with van der Waals surface area (Å²) in [5.41, 5.74) is 3.44. The lowest BCUT2D eigenvalue weighted by molar-refractivity contribution is 0.101. The second-order valence-electron chi connectivity index (χ2n) is 4.61. The SMILES string of the molecule is Cn1nccc1C(=O)Nc1ccc(-c2ccncc2)cc1. The van der Waals surface area contributed by atoms with Crippen molar-refractivity contribution in [2.45, 2.75) is 0 Å². The molecule has 2 aromatic heterocycles. The Balaban J connectivity index is 1.76. The fourth-order valence-corrected chi connectivity index (χ4v) is 2.08. The first-order valence-electron chi connectivity index (χ1n) is 6.54. The van der Waals surface area contributed by atoms with Crippen LogP contribution in [0.1, 0.15) is 10.5 Å². The Morgan fingerprint density at radius 1 is 0.952 bits per heavy atom. The first kappa shape index (κ1) is 13.1. The zero-order valence-electron chi connectivity index (χ0n) is 11.5. The Kier molecular flexibility index (Phi) is 3.47. The van der Waals surface area contributed by atoms with Crippen LogP contribution in [0.15, 0.2) is 61.1 Å². The number of hydrogen-bond acceptors (Lipinski definition) is 3. The number of aromatic nitrogens is 3. The molecule has 2 heterocycles. The number of amides is 1. The minimum atomic E-state index is -0.174. The van der Waals surface area contributed by atoms with E-state index in [0.29, 0.717) is 5.69 Å². The molecule has 104 valence electrons. The van der Waals surface area contributed by atoms with Crippen LogP contribution in [0, 0.1) is 0 Å². The monoisotopic (exact) mass is 278 g/mol. The van der Waals surface area contributed by atoms with E-state index in [1.807, 2.05) is 36.4 Å². The molecule has 0 saturated heterocycles. The summed E-state index contributed by atoms with van der Waals surface area (Å²) in [6.45, 7) is 0. The zero-order valence-corrected chi connectivity index (χ0v) is 11.5. The molecule has 0 atom stereocenters. The lowest BCUT2D eigenvalue weighted by atomic mass is 10.1. The van der Waals surface area contributed by atoms with E-state index in [1.165, 1.54) is 0 Å². The van der Waals surface area contributed by atoms with Crippen LogP contribution in [-0.2, 0) is 7.05 Å². The lowest BCUT2D eigenvalue weighted by Crippen LogP contribution is -2.15. The van der Waals surface area contributed by atoms with Gasteiger partial charge in [0, 0.05) is 31.3 Å². The van der Waals surface area contributed by atoms with Gasteiger partial charge in [-0.15, -0.1) is 0 Å². The summed E-state index contributed by atoms with van der Waals surface area (Å²) in [5.74, 6) is -0.174. The summed E-state index contributed by atoms with van der Waals surface area (Å²) >= 11 is 0. The minimum Gasteiger partial charge on any atom is -0.321 e. The highest BCUT2D eigenvalue weighted by Gasteiger charge is 2.09. The van der Waals surface area contributed by atoms with Crippen molar-refractivity contribution in [3.63, 3.8) is 0 Å². The summed E-state index contributed by atoms with van der Waals surface area (Å²) in [5, 5.41) is 6.83. The number of anilines is 1. The number of rotatable bonds is 3. The summed E-state index contributed by atoms with van der Waals surface area (Å²) < 4.78 is 1.54. The van der Waals surface area contributed by atoms with E-state index < -0.39 is 0 Å². The lowest BCUT2D eigenvalue weighted by Gasteiger charge is -2.07. The summed E-state index contributed by atoms with van der Waals surface area (Å²) in [7, 11) is 1.74. The van der Waals surface area contributed by atoms with Crippen LogP contribution < -0.4 is 5.32 Å². The molecule has 0 aliphatic rings. The molecule has 0 radical (unpaired) electrons. The van der Waals surface area contributed by atoms with Crippen molar-refractivity contribution in [3.8, 4) is 11.1 Å². The highest BCUT2D eigenvalue weighted by atomic mass is 16.2. The fraction of sp³-hybridized carbons (Fsp3) is 0.0625. The molecule has 5 heteroatoms. The zero-order chi connectivity index (χ0) is 14.7. The van der Waals surface area contributed by atoms with Gasteiger partial charge in [0.2, 0.25) is 0 Å². The van der Waals surface area contributed by atoms with Gasteiger partial charge in [0.1, 0.15) is 5.69 Å². The van der Waals surface area contributed by atoms with Crippen LogP contribution in [-0.4, -0.2) is 20.7 Å². The molecule has 1 N–H and O–H groups in total. The van der Waals surface area contributed by atoms with E-state index in [-0.39, 0.29) is 5.91 Å². The number of nitrogens with zero attached hydrogens (tertiary/aromatic N) is 3. The topological polar surface area (TPSA) is 59.8 Å². The van der Waals surface area contributed by atoms with Gasteiger partial charge in [-0.25, -0.2) is 0 Å². The van der Waals surface area contributed by atoms with E-state index in [4.69, 9.17) is 0 Å². The molecule has 0 fully saturated rings. The third-order valence-corrected chi connectivity index (χ3v) is 3.21. The Morgan fingerprint density at radius 3 is 2.24 bits per heavy atom. The van der Waals surface area contributed by atoms with Crippen LogP contribution in [0.5, 0.6) is 0 Å². The van der Waals surface area contributed by atoms with E-state index in [2.05, 4.69) is 15.4 Å². The fourth-order valence-electron chi connectivity index (χ4n) is 2.08. The molecular weight excluding hydrogens is 264 g/mol. The third kappa shape index (κ3) is 2.81. The number of aryl methyl sites for hydroxylation is 1. The van der Waals surface area contributed by atoms with Crippen molar-refractivity contribution < 1.29 is 4.79 Å². The number of carbonyl (C=O) groups excluding carboxylic acids is 1. The molecular formula is C16H14N4O. The molecule has 0 aliphatic heterocycles. The quantitative estimate of drug-likeness (QED) is 0.801. The maximum Gasteiger partial charge on any atom is 0.273 e. The Morgan fingerprint density at radius 2 is 1.62 bits per heavy atom. The maximum atomic E-state index is 12.1. The van der Waals surface area contributed by atoms with Gasteiger partial charge in [0.15, 0.2) is 0 Å². The molecule has 0 unspecified atom stereocenters. The van der Waals surface area contributed by atoms with Gasteiger partial charge >= 0.3 is 0 Å². The predicted molar refractivity (Wildman–Crippen MR) is 80.8 cm³/mol. The normalized spacial score (nSPS) is 10.3. The second-order valence-corrected chi connectivity index (χ2v) is 4.61. The van der Waals surface area contributed by atoms with Crippen molar-refractivity contribution in [1.82, 2.24) is 14.8 Å². The number of hydrogen-bond donors (Lipinski definition) is 1. The minimum absolute atomic E-state index is 0.174. The van der Waals surface area contributed by atoms with Gasteiger partial charge < -0.3 is 5.32 Å². The van der Waals surface area contributed by atoms with Crippen LogP contribution in [0.4, 0.5) is 5.69 Å². The molecule has 21 heavy (non-hydrogen) atoms. The summed E-state index contributed by atoms with van der Waals surface area (Å²) in [4.78, 5) is 16.1. The standard InChI is InChI=1S/C16H14N4O/c1-20-15(8-11-18-20)16(21)19-14-4-2-12(3-5-14)13-6-9-17-10-7-13/h2-11H,1H3,(H,19,21). The van der Waals surface area contributed by atoms with Gasteiger partial charge in [-0.1, -0.05) is 12.1 Å². The van der Waals surface area contributed by atoms with Crippen LogP contribution >= 0.6 is 0 Å². The van der Waals surface area contributed by atoms with Gasteiger partial charge in [0.05, 0.1) is 0 Å². The average molecular weight is 278 g/mol. The van der Waals surface area contributed by atoms with E-state index in [0.717, 1.165) is 16.8 Å². The summed E-state index contributed by atoms with van der Waals surface area (Å²) in [6.07, 6.45) is 5.11. The van der Waals surface area contributed by atoms with Gasteiger partial charge in [-0.3, -0.25) is 14.5 Å². The van der Waals surface area contributed by atoms with Crippen LogP contribution in [0.2, 0.25) is 0 Å². The molecule has 0 aliphatic carbocycles. The Hall–Kier alpha value is -2.95.